The number of anilines is 2. The second kappa shape index (κ2) is 14.1. The van der Waals surface area contributed by atoms with Crippen LogP contribution in [0.5, 0.6) is 11.5 Å². The zero-order valence-electron chi connectivity index (χ0n) is 27.5. The van der Waals surface area contributed by atoms with E-state index in [1.807, 2.05) is 50.2 Å². The number of methoxy groups -OCH3 is 2. The van der Waals surface area contributed by atoms with Gasteiger partial charge in [-0.3, -0.25) is 29.4 Å². The van der Waals surface area contributed by atoms with Crippen molar-refractivity contribution in [2.45, 2.75) is 39.1 Å². The van der Waals surface area contributed by atoms with Crippen LogP contribution in [0.2, 0.25) is 0 Å². The minimum Gasteiger partial charge on any atom is -0.496 e. The molecule has 4 heterocycles. The molecule has 12 nitrogen and oxygen atoms in total. The maximum Gasteiger partial charge on any atom is 0.274 e. The smallest absolute Gasteiger partial charge is 0.274 e. The van der Waals surface area contributed by atoms with Gasteiger partial charge >= 0.3 is 0 Å². The molecule has 2 saturated heterocycles. The molecule has 2 aliphatic rings. The zero-order chi connectivity index (χ0) is 33.9. The summed E-state index contributed by atoms with van der Waals surface area (Å²) in [7, 11) is 3.12. The zero-order valence-corrected chi connectivity index (χ0v) is 27.5. The Morgan fingerprint density at radius 2 is 1.12 bits per heavy atom. The van der Waals surface area contributed by atoms with Crippen LogP contribution in [-0.2, 0) is 13.1 Å². The molecule has 0 aliphatic carbocycles. The van der Waals surface area contributed by atoms with Crippen LogP contribution in [-0.4, -0.2) is 94.4 Å². The summed E-state index contributed by atoms with van der Waals surface area (Å²) >= 11 is 0. The number of hydrogen-bond acceptors (Lipinski definition) is 10. The molecule has 2 aliphatic heterocycles. The van der Waals surface area contributed by atoms with E-state index < -0.39 is 0 Å². The molecule has 2 fully saturated rings. The molecular formula is C36H40N6O6. The number of aliphatic hydroxyl groups excluding tert-OH is 2. The monoisotopic (exact) mass is 652 g/mol. The van der Waals surface area contributed by atoms with Gasteiger partial charge in [-0.1, -0.05) is 24.3 Å². The number of rotatable bonds is 11. The Bertz CT molecular complexity index is 1700. The molecule has 6 rings (SSSR count). The lowest BCUT2D eigenvalue weighted by atomic mass is 9.94. The number of carbonyl (C=O) groups is 2. The Balaban J connectivity index is 1.17. The molecule has 0 spiro atoms. The van der Waals surface area contributed by atoms with Crippen LogP contribution < -0.4 is 20.1 Å². The summed E-state index contributed by atoms with van der Waals surface area (Å²) in [5.41, 5.74) is 6.92. The molecule has 4 N–H and O–H groups in total. The van der Waals surface area contributed by atoms with Gasteiger partial charge in [0.05, 0.1) is 26.4 Å². The highest BCUT2D eigenvalue weighted by molar-refractivity contribution is 6.05. The second-order valence-corrected chi connectivity index (χ2v) is 12.3. The number of nitrogens with zero attached hydrogens (tertiary/aromatic N) is 4. The predicted molar refractivity (Wildman–Crippen MR) is 181 cm³/mol. The van der Waals surface area contributed by atoms with E-state index in [9.17, 15) is 19.8 Å². The Labute approximate surface area is 279 Å². The van der Waals surface area contributed by atoms with Crippen molar-refractivity contribution in [3.8, 4) is 22.6 Å². The van der Waals surface area contributed by atoms with E-state index in [1.165, 1.54) is 0 Å². The SMILES string of the molecule is COc1cc(C(=O)Nc2cccc(-c3cccc(NC(=O)c4cc(OC)c(CN5CC(O)C5)cn4)c3C)c2C)ncc1CN1CC(O)C1. The number of aromatic nitrogens is 2. The number of aliphatic hydroxyl groups is 2. The fourth-order valence-corrected chi connectivity index (χ4v) is 6.12. The summed E-state index contributed by atoms with van der Waals surface area (Å²) in [5.74, 6) is 0.393. The number of amides is 2. The summed E-state index contributed by atoms with van der Waals surface area (Å²) in [5, 5.41) is 25.2. The quantitative estimate of drug-likeness (QED) is 0.189. The van der Waals surface area contributed by atoms with E-state index in [0.717, 1.165) is 33.4 Å². The standard InChI is InChI=1S/C36H40N6O6/c1-21-27(7-5-9-29(21)39-35(45)31-11-33(47-3)23(13-37-31)15-41-17-25(43)18-41)28-8-6-10-30(22(28)2)40-36(46)32-12-34(48-4)24(14-38-32)16-42-19-26(44)20-42/h5-14,25-26,43-44H,15-20H2,1-4H3,(H,39,45)(H,40,46). The molecule has 2 aromatic carbocycles. The van der Waals surface area contributed by atoms with Crippen LogP contribution >= 0.6 is 0 Å². The first-order valence-electron chi connectivity index (χ1n) is 15.8. The first-order valence-corrected chi connectivity index (χ1v) is 15.8. The van der Waals surface area contributed by atoms with Crippen LogP contribution in [0, 0.1) is 13.8 Å². The second-order valence-electron chi connectivity index (χ2n) is 12.3. The normalized spacial score (nSPS) is 15.4. The third-order valence-electron chi connectivity index (χ3n) is 8.91. The maximum absolute atomic E-state index is 13.3. The first kappa shape index (κ1) is 33.0. The van der Waals surface area contributed by atoms with E-state index in [2.05, 4.69) is 30.4 Å². The van der Waals surface area contributed by atoms with Crippen LogP contribution in [0.15, 0.2) is 60.9 Å². The van der Waals surface area contributed by atoms with E-state index >= 15 is 0 Å². The van der Waals surface area contributed by atoms with Crippen molar-refractivity contribution in [2.75, 3.05) is 51.0 Å². The summed E-state index contributed by atoms with van der Waals surface area (Å²) in [4.78, 5) is 39.6. The Morgan fingerprint density at radius 1 is 0.729 bits per heavy atom. The minimum atomic E-state index is -0.367. The average molecular weight is 653 g/mol. The molecule has 12 heteroatoms. The molecule has 0 atom stereocenters. The van der Waals surface area contributed by atoms with Crippen molar-refractivity contribution in [3.05, 3.63) is 94.6 Å². The number of carbonyl (C=O) groups excluding carboxylic acids is 2. The highest BCUT2D eigenvalue weighted by Gasteiger charge is 2.27. The largest absolute Gasteiger partial charge is 0.496 e. The third-order valence-corrected chi connectivity index (χ3v) is 8.91. The molecular weight excluding hydrogens is 612 g/mol. The molecule has 0 unspecified atom stereocenters. The van der Waals surface area contributed by atoms with Gasteiger partial charge < -0.3 is 30.3 Å². The lowest BCUT2D eigenvalue weighted by molar-refractivity contribution is -0.00347. The molecule has 0 bridgehead atoms. The van der Waals surface area contributed by atoms with Gasteiger partial charge in [-0.05, 0) is 48.2 Å². The van der Waals surface area contributed by atoms with Gasteiger partial charge in [-0.2, -0.15) is 0 Å². The molecule has 0 radical (unpaired) electrons. The Kier molecular flexibility index (Phi) is 9.69. The summed E-state index contributed by atoms with van der Waals surface area (Å²) in [6, 6.07) is 14.6. The van der Waals surface area contributed by atoms with Crippen molar-refractivity contribution in [1.82, 2.24) is 19.8 Å². The summed E-state index contributed by atoms with van der Waals surface area (Å²) in [6.07, 6.45) is 2.68. The van der Waals surface area contributed by atoms with Gasteiger partial charge in [-0.15, -0.1) is 0 Å². The van der Waals surface area contributed by atoms with Gasteiger partial charge in [0, 0.05) is 86.3 Å². The molecule has 250 valence electrons. The van der Waals surface area contributed by atoms with E-state index in [0.29, 0.717) is 62.1 Å². The van der Waals surface area contributed by atoms with Crippen molar-refractivity contribution < 1.29 is 29.3 Å². The number of likely N-dealkylation sites (tertiary alicyclic amines) is 2. The molecule has 2 aromatic heterocycles. The van der Waals surface area contributed by atoms with E-state index in [-0.39, 0.29) is 35.4 Å². The van der Waals surface area contributed by atoms with E-state index in [1.54, 1.807) is 38.7 Å². The van der Waals surface area contributed by atoms with Gasteiger partial charge in [0.25, 0.3) is 11.8 Å². The highest BCUT2D eigenvalue weighted by Crippen LogP contribution is 2.34. The predicted octanol–water partition coefficient (Wildman–Crippen LogP) is 3.64. The van der Waals surface area contributed by atoms with Gasteiger partial charge in [0.15, 0.2) is 0 Å². The first-order chi connectivity index (χ1) is 23.1. The number of pyridine rings is 2. The van der Waals surface area contributed by atoms with Crippen molar-refractivity contribution in [2.24, 2.45) is 0 Å². The van der Waals surface area contributed by atoms with Gasteiger partial charge in [-0.25, -0.2) is 0 Å². The maximum atomic E-state index is 13.3. The number of nitrogens with one attached hydrogen (secondary N) is 2. The summed E-state index contributed by atoms with van der Waals surface area (Å²) < 4.78 is 11.1. The Hall–Kier alpha value is -4.88. The lowest BCUT2D eigenvalue weighted by Gasteiger charge is -2.35. The Morgan fingerprint density at radius 3 is 1.48 bits per heavy atom. The highest BCUT2D eigenvalue weighted by atomic mass is 16.5. The van der Waals surface area contributed by atoms with Crippen molar-refractivity contribution in [3.63, 3.8) is 0 Å². The van der Waals surface area contributed by atoms with Crippen molar-refractivity contribution in [1.29, 1.82) is 0 Å². The van der Waals surface area contributed by atoms with Gasteiger partial charge in [0.1, 0.15) is 22.9 Å². The minimum absolute atomic E-state index is 0.225. The van der Waals surface area contributed by atoms with Crippen molar-refractivity contribution >= 4 is 23.2 Å². The van der Waals surface area contributed by atoms with Crippen LogP contribution in [0.3, 0.4) is 0 Å². The lowest BCUT2D eigenvalue weighted by Crippen LogP contribution is -2.49. The van der Waals surface area contributed by atoms with Crippen LogP contribution in [0.4, 0.5) is 11.4 Å². The molecule has 48 heavy (non-hydrogen) atoms. The van der Waals surface area contributed by atoms with Crippen LogP contribution in [0.25, 0.3) is 11.1 Å². The molecule has 2 amide bonds. The number of ether oxygens (including phenoxy) is 2. The number of β-amino-alcohol motifs (C(OH)–C–C–N with tert-alkyl or cyclic N) is 2. The third kappa shape index (κ3) is 7.02. The molecule has 4 aromatic rings. The van der Waals surface area contributed by atoms with E-state index in [4.69, 9.17) is 9.47 Å². The van der Waals surface area contributed by atoms with Crippen LogP contribution in [0.1, 0.15) is 43.2 Å². The number of hydrogen-bond donors (Lipinski definition) is 4. The topological polar surface area (TPSA) is 149 Å². The number of benzene rings is 2. The average Bonchev–Trinajstić information content (AvgIpc) is 3.05. The molecule has 0 saturated carbocycles. The fourth-order valence-electron chi connectivity index (χ4n) is 6.12. The van der Waals surface area contributed by atoms with Gasteiger partial charge in [0.2, 0.25) is 0 Å². The fraction of sp³-hybridized carbons (Fsp3) is 0.333. The summed E-state index contributed by atoms with van der Waals surface area (Å²) in [6.45, 7) is 7.44.